The van der Waals surface area contributed by atoms with Crippen LogP contribution in [0.15, 0.2) is 36.5 Å². The molecule has 2 rings (SSSR count). The Hall–Kier alpha value is -1.65. The van der Waals surface area contributed by atoms with Crippen molar-refractivity contribution < 1.29 is 9.13 Å². The molecular formula is C12H10ClFN2O. The lowest BCUT2D eigenvalue weighted by Crippen LogP contribution is -1.97. The van der Waals surface area contributed by atoms with Crippen LogP contribution in [-0.4, -0.2) is 4.98 Å². The molecule has 0 saturated carbocycles. The first-order valence-corrected chi connectivity index (χ1v) is 5.35. The molecule has 0 spiro atoms. The summed E-state index contributed by atoms with van der Waals surface area (Å²) in [6.45, 7) is 0.369. The van der Waals surface area contributed by atoms with E-state index in [2.05, 4.69) is 4.98 Å². The van der Waals surface area contributed by atoms with Crippen LogP contribution in [-0.2, 0) is 6.54 Å². The predicted octanol–water partition coefficient (Wildman–Crippen LogP) is 3.13. The van der Waals surface area contributed by atoms with E-state index in [1.165, 1.54) is 12.1 Å². The quantitative estimate of drug-likeness (QED) is 0.913. The minimum atomic E-state index is -0.408. The van der Waals surface area contributed by atoms with E-state index in [1.54, 1.807) is 18.2 Å². The van der Waals surface area contributed by atoms with E-state index in [0.717, 1.165) is 11.8 Å². The Bertz CT molecular complexity index is 516. The molecule has 1 heterocycles. The summed E-state index contributed by atoms with van der Waals surface area (Å²) in [5.41, 5.74) is 6.33. The molecule has 0 saturated heterocycles. The molecule has 2 aromatic rings. The number of halogens is 2. The molecule has 0 aliphatic rings. The number of rotatable bonds is 3. The lowest BCUT2D eigenvalue weighted by Gasteiger charge is -2.06. The minimum absolute atomic E-state index is 0.308. The topological polar surface area (TPSA) is 48.1 Å². The number of hydrogen-bond donors (Lipinski definition) is 1. The van der Waals surface area contributed by atoms with Crippen molar-refractivity contribution >= 4 is 11.6 Å². The molecule has 2 N–H and O–H groups in total. The molecule has 0 aliphatic carbocycles. The zero-order chi connectivity index (χ0) is 12.3. The van der Waals surface area contributed by atoms with Crippen molar-refractivity contribution in [1.82, 2.24) is 4.98 Å². The highest BCUT2D eigenvalue weighted by atomic mass is 35.5. The summed E-state index contributed by atoms with van der Waals surface area (Å²) in [5, 5.41) is 0.534. The lowest BCUT2D eigenvalue weighted by atomic mass is 10.2. The number of nitrogens with zero attached hydrogens (tertiary/aromatic N) is 1. The number of ether oxygens (including phenoxy) is 1. The predicted molar refractivity (Wildman–Crippen MR) is 63.6 cm³/mol. The monoisotopic (exact) mass is 252 g/mol. The van der Waals surface area contributed by atoms with Gasteiger partial charge in [0.1, 0.15) is 11.6 Å². The Labute approximate surface area is 103 Å². The molecule has 0 amide bonds. The SMILES string of the molecule is NCc1ccc(Oc2ccc(F)cn2)cc1Cl. The number of hydrogen-bond acceptors (Lipinski definition) is 3. The van der Waals surface area contributed by atoms with Crippen LogP contribution in [0.2, 0.25) is 5.02 Å². The Morgan fingerprint density at radius 2 is 2.12 bits per heavy atom. The molecule has 1 aromatic heterocycles. The summed E-state index contributed by atoms with van der Waals surface area (Å²) in [6.07, 6.45) is 1.09. The van der Waals surface area contributed by atoms with Gasteiger partial charge in [0.05, 0.1) is 6.20 Å². The van der Waals surface area contributed by atoms with Crippen LogP contribution >= 0.6 is 11.6 Å². The molecule has 0 aliphatic heterocycles. The zero-order valence-corrected chi connectivity index (χ0v) is 9.62. The summed E-state index contributed by atoms with van der Waals surface area (Å²) >= 11 is 5.98. The van der Waals surface area contributed by atoms with Gasteiger partial charge in [-0.05, 0) is 23.8 Å². The molecule has 1 aromatic carbocycles. The second-order valence-corrected chi connectivity index (χ2v) is 3.78. The van der Waals surface area contributed by atoms with E-state index in [1.807, 2.05) is 0 Å². The summed E-state index contributed by atoms with van der Waals surface area (Å²) in [6, 6.07) is 7.88. The van der Waals surface area contributed by atoms with Crippen molar-refractivity contribution in [2.45, 2.75) is 6.54 Å². The van der Waals surface area contributed by atoms with Gasteiger partial charge >= 0.3 is 0 Å². The molecule has 0 fully saturated rings. The Morgan fingerprint density at radius 1 is 1.29 bits per heavy atom. The van der Waals surface area contributed by atoms with Gasteiger partial charge in [-0.2, -0.15) is 0 Å². The molecule has 0 bridgehead atoms. The minimum Gasteiger partial charge on any atom is -0.439 e. The summed E-state index contributed by atoms with van der Waals surface area (Å²) in [4.78, 5) is 3.78. The Kier molecular flexibility index (Phi) is 3.56. The number of pyridine rings is 1. The van der Waals surface area contributed by atoms with Crippen LogP contribution in [0.3, 0.4) is 0 Å². The summed E-state index contributed by atoms with van der Waals surface area (Å²) in [7, 11) is 0. The highest BCUT2D eigenvalue weighted by molar-refractivity contribution is 6.31. The molecule has 0 radical (unpaired) electrons. The summed E-state index contributed by atoms with van der Waals surface area (Å²) in [5.74, 6) is 0.433. The van der Waals surface area contributed by atoms with E-state index in [9.17, 15) is 4.39 Å². The van der Waals surface area contributed by atoms with Crippen molar-refractivity contribution in [3.8, 4) is 11.6 Å². The van der Waals surface area contributed by atoms with E-state index < -0.39 is 5.82 Å². The van der Waals surface area contributed by atoms with Crippen LogP contribution in [0.1, 0.15) is 5.56 Å². The van der Waals surface area contributed by atoms with Crippen LogP contribution in [0.5, 0.6) is 11.6 Å². The number of aromatic nitrogens is 1. The Morgan fingerprint density at radius 3 is 2.71 bits per heavy atom. The van der Waals surface area contributed by atoms with E-state index in [0.29, 0.717) is 23.2 Å². The first kappa shape index (κ1) is 11.8. The highest BCUT2D eigenvalue weighted by Crippen LogP contribution is 2.25. The molecule has 17 heavy (non-hydrogen) atoms. The molecule has 88 valence electrons. The third kappa shape index (κ3) is 2.93. The number of nitrogens with two attached hydrogens (primary N) is 1. The van der Waals surface area contributed by atoms with Crippen molar-refractivity contribution in [2.24, 2.45) is 5.73 Å². The van der Waals surface area contributed by atoms with Gasteiger partial charge in [-0.15, -0.1) is 0 Å². The van der Waals surface area contributed by atoms with E-state index in [4.69, 9.17) is 22.1 Å². The Balaban J connectivity index is 2.19. The van der Waals surface area contributed by atoms with E-state index in [-0.39, 0.29) is 0 Å². The fraction of sp³-hybridized carbons (Fsp3) is 0.0833. The van der Waals surface area contributed by atoms with Gasteiger partial charge in [0.15, 0.2) is 0 Å². The number of benzene rings is 1. The van der Waals surface area contributed by atoms with Gasteiger partial charge in [0.25, 0.3) is 0 Å². The maximum absolute atomic E-state index is 12.6. The van der Waals surface area contributed by atoms with Crippen LogP contribution < -0.4 is 10.5 Å². The molecule has 5 heteroatoms. The van der Waals surface area contributed by atoms with Crippen molar-refractivity contribution in [2.75, 3.05) is 0 Å². The molecule has 0 unspecified atom stereocenters. The molecule has 3 nitrogen and oxygen atoms in total. The van der Waals surface area contributed by atoms with Crippen LogP contribution in [0.25, 0.3) is 0 Å². The van der Waals surface area contributed by atoms with Gasteiger partial charge in [-0.25, -0.2) is 9.37 Å². The van der Waals surface area contributed by atoms with Crippen molar-refractivity contribution in [3.63, 3.8) is 0 Å². The van der Waals surface area contributed by atoms with Gasteiger partial charge in [-0.3, -0.25) is 0 Å². The second-order valence-electron chi connectivity index (χ2n) is 3.37. The average molecular weight is 253 g/mol. The van der Waals surface area contributed by atoms with Crippen molar-refractivity contribution in [1.29, 1.82) is 0 Å². The third-order valence-corrected chi connectivity index (χ3v) is 2.52. The highest BCUT2D eigenvalue weighted by Gasteiger charge is 2.03. The first-order chi connectivity index (χ1) is 8.19. The largest absolute Gasteiger partial charge is 0.439 e. The van der Waals surface area contributed by atoms with Gasteiger partial charge in [-0.1, -0.05) is 17.7 Å². The standard InChI is InChI=1S/C12H10ClFN2O/c13-11-5-10(3-1-8(11)6-15)17-12-4-2-9(14)7-16-12/h1-5,7H,6,15H2. The van der Waals surface area contributed by atoms with E-state index >= 15 is 0 Å². The maximum atomic E-state index is 12.6. The van der Waals surface area contributed by atoms with Crippen LogP contribution in [0.4, 0.5) is 4.39 Å². The molecular weight excluding hydrogens is 243 g/mol. The maximum Gasteiger partial charge on any atom is 0.219 e. The second kappa shape index (κ2) is 5.12. The van der Waals surface area contributed by atoms with Crippen LogP contribution in [0, 0.1) is 5.82 Å². The first-order valence-electron chi connectivity index (χ1n) is 4.97. The van der Waals surface area contributed by atoms with Gasteiger partial charge < -0.3 is 10.5 Å². The fourth-order valence-corrected chi connectivity index (χ4v) is 1.55. The zero-order valence-electron chi connectivity index (χ0n) is 8.86. The average Bonchev–Trinajstić information content (AvgIpc) is 2.32. The normalized spacial score (nSPS) is 10.3. The van der Waals surface area contributed by atoms with Crippen molar-refractivity contribution in [3.05, 3.63) is 52.9 Å². The molecule has 0 atom stereocenters. The van der Waals surface area contributed by atoms with Gasteiger partial charge in [0.2, 0.25) is 5.88 Å². The smallest absolute Gasteiger partial charge is 0.219 e. The van der Waals surface area contributed by atoms with Gasteiger partial charge in [0, 0.05) is 17.6 Å². The fourth-order valence-electron chi connectivity index (χ4n) is 1.30. The lowest BCUT2D eigenvalue weighted by molar-refractivity contribution is 0.459. The summed E-state index contributed by atoms with van der Waals surface area (Å²) < 4.78 is 18.0. The third-order valence-electron chi connectivity index (χ3n) is 2.17.